The molecule has 4 rings (SSSR count). The van der Waals surface area contributed by atoms with Gasteiger partial charge in [0.2, 0.25) is 0 Å². The van der Waals surface area contributed by atoms with Crippen LogP contribution in [0.1, 0.15) is 17.0 Å². The Hall–Kier alpha value is -3.95. The van der Waals surface area contributed by atoms with Crippen LogP contribution in [0.4, 0.5) is 5.69 Å². The number of carbonyl (C=O) groups excluding carboxylic acids is 1. The van der Waals surface area contributed by atoms with Gasteiger partial charge >= 0.3 is 0 Å². The van der Waals surface area contributed by atoms with Crippen molar-refractivity contribution in [2.75, 3.05) is 10.8 Å². The topological polar surface area (TPSA) is 96.7 Å². The minimum Gasteiger partial charge on any atom is -0.316 e. The number of hydrogen-bond donors (Lipinski definition) is 1. The van der Waals surface area contributed by atoms with E-state index in [2.05, 4.69) is 15.5 Å². The van der Waals surface area contributed by atoms with E-state index < -0.39 is 22.5 Å². The quantitative estimate of drug-likeness (QED) is 0.273. The molecule has 2 heterocycles. The van der Waals surface area contributed by atoms with Gasteiger partial charge in [0, 0.05) is 23.1 Å². The van der Waals surface area contributed by atoms with Gasteiger partial charge in [-0.3, -0.25) is 14.1 Å². The SMILES string of the molecule is Cc1cc(/C=N/NC(=O)CN(c2cccnc2)S(=O)(=O)c2ccccc2)c(C)n1-c1ccccc1Cl. The summed E-state index contributed by atoms with van der Waals surface area (Å²) in [5.41, 5.74) is 6.17. The van der Waals surface area contributed by atoms with Crippen LogP contribution in [0.5, 0.6) is 0 Å². The lowest BCUT2D eigenvalue weighted by Gasteiger charge is -2.23. The molecule has 1 amide bonds. The largest absolute Gasteiger partial charge is 0.316 e. The molecule has 0 spiro atoms. The van der Waals surface area contributed by atoms with E-state index in [-0.39, 0.29) is 10.6 Å². The average Bonchev–Trinajstić information content (AvgIpc) is 3.16. The molecule has 0 fully saturated rings. The summed E-state index contributed by atoms with van der Waals surface area (Å²) in [6.45, 7) is 3.40. The molecule has 0 saturated carbocycles. The van der Waals surface area contributed by atoms with Crippen LogP contribution < -0.4 is 9.73 Å². The third-order valence-corrected chi connectivity index (χ3v) is 7.62. The number of anilines is 1. The molecule has 184 valence electrons. The van der Waals surface area contributed by atoms with Crippen molar-refractivity contribution in [1.82, 2.24) is 15.0 Å². The van der Waals surface area contributed by atoms with Gasteiger partial charge in [0.25, 0.3) is 15.9 Å². The molecule has 4 aromatic rings. The van der Waals surface area contributed by atoms with Gasteiger partial charge in [-0.25, -0.2) is 13.8 Å². The number of rotatable bonds is 8. The number of hydrogen-bond acceptors (Lipinski definition) is 5. The van der Waals surface area contributed by atoms with Crippen LogP contribution >= 0.6 is 11.6 Å². The highest BCUT2D eigenvalue weighted by Gasteiger charge is 2.27. The van der Waals surface area contributed by atoms with Crippen LogP contribution in [0, 0.1) is 13.8 Å². The summed E-state index contributed by atoms with van der Waals surface area (Å²) in [7, 11) is -4.01. The molecular formula is C26H24ClN5O3S. The summed E-state index contributed by atoms with van der Waals surface area (Å²) in [5.74, 6) is -0.602. The fourth-order valence-electron chi connectivity index (χ4n) is 3.80. The average molecular weight is 522 g/mol. The van der Waals surface area contributed by atoms with E-state index in [9.17, 15) is 13.2 Å². The van der Waals surface area contributed by atoms with Gasteiger partial charge in [0.05, 0.1) is 33.7 Å². The number of aryl methyl sites for hydroxylation is 1. The van der Waals surface area contributed by atoms with Crippen LogP contribution in [0.15, 0.2) is 95.2 Å². The number of sulfonamides is 1. The molecule has 0 atom stereocenters. The lowest BCUT2D eigenvalue weighted by molar-refractivity contribution is -0.119. The number of aromatic nitrogens is 2. The maximum absolute atomic E-state index is 13.3. The Kier molecular flexibility index (Phi) is 7.52. The zero-order chi connectivity index (χ0) is 25.7. The highest BCUT2D eigenvalue weighted by Crippen LogP contribution is 2.26. The van der Waals surface area contributed by atoms with Crippen molar-refractivity contribution in [2.24, 2.45) is 5.10 Å². The first-order valence-corrected chi connectivity index (χ1v) is 12.8. The van der Waals surface area contributed by atoms with Gasteiger partial charge < -0.3 is 4.57 Å². The summed E-state index contributed by atoms with van der Waals surface area (Å²) in [5, 5.41) is 4.68. The smallest absolute Gasteiger partial charge is 0.264 e. The Balaban J connectivity index is 1.54. The van der Waals surface area contributed by atoms with Gasteiger partial charge in [-0.2, -0.15) is 5.10 Å². The minimum atomic E-state index is -4.01. The van der Waals surface area contributed by atoms with E-state index in [1.807, 2.05) is 48.7 Å². The van der Waals surface area contributed by atoms with Gasteiger partial charge in [0.15, 0.2) is 0 Å². The molecule has 0 bridgehead atoms. The fraction of sp³-hybridized carbons (Fsp3) is 0.115. The van der Waals surface area contributed by atoms with Crippen LogP contribution in [-0.2, 0) is 14.8 Å². The van der Waals surface area contributed by atoms with E-state index in [0.29, 0.717) is 5.02 Å². The molecule has 0 radical (unpaired) electrons. The van der Waals surface area contributed by atoms with Crippen molar-refractivity contribution in [2.45, 2.75) is 18.7 Å². The lowest BCUT2D eigenvalue weighted by Crippen LogP contribution is -2.39. The third kappa shape index (κ3) is 5.32. The molecule has 0 aliphatic carbocycles. The van der Waals surface area contributed by atoms with Crippen molar-refractivity contribution in [3.8, 4) is 5.69 Å². The number of hydrazone groups is 1. The van der Waals surface area contributed by atoms with E-state index in [0.717, 1.165) is 26.9 Å². The Labute approximate surface area is 214 Å². The van der Waals surface area contributed by atoms with Crippen LogP contribution in [-0.4, -0.2) is 36.6 Å². The second kappa shape index (κ2) is 10.8. The fourth-order valence-corrected chi connectivity index (χ4v) is 5.45. The van der Waals surface area contributed by atoms with Crippen molar-refractivity contribution in [1.29, 1.82) is 0 Å². The van der Waals surface area contributed by atoms with Gasteiger partial charge in [-0.05, 0) is 56.3 Å². The number of nitrogens with one attached hydrogen (secondary N) is 1. The molecule has 2 aromatic carbocycles. The van der Waals surface area contributed by atoms with E-state index >= 15 is 0 Å². The number of halogens is 1. The number of carbonyl (C=O) groups is 1. The van der Waals surface area contributed by atoms with Crippen LogP contribution in [0.3, 0.4) is 0 Å². The van der Waals surface area contributed by atoms with Crippen LogP contribution in [0.25, 0.3) is 5.69 Å². The van der Waals surface area contributed by atoms with Gasteiger partial charge in [0.1, 0.15) is 6.54 Å². The number of pyridine rings is 1. The predicted octanol–water partition coefficient (Wildman–Crippen LogP) is 4.49. The molecule has 0 saturated heterocycles. The molecule has 0 unspecified atom stereocenters. The molecular weight excluding hydrogens is 498 g/mol. The van der Waals surface area contributed by atoms with Crippen molar-refractivity contribution < 1.29 is 13.2 Å². The summed E-state index contributed by atoms with van der Waals surface area (Å²) < 4.78 is 29.6. The Bertz CT molecular complexity index is 1500. The molecule has 0 aliphatic heterocycles. The third-order valence-electron chi connectivity index (χ3n) is 5.51. The molecule has 10 heteroatoms. The highest BCUT2D eigenvalue weighted by atomic mass is 35.5. The minimum absolute atomic E-state index is 0.0668. The number of nitrogens with zero attached hydrogens (tertiary/aromatic N) is 4. The van der Waals surface area contributed by atoms with E-state index in [1.54, 1.807) is 30.3 Å². The second-order valence-electron chi connectivity index (χ2n) is 7.94. The zero-order valence-electron chi connectivity index (χ0n) is 19.7. The molecule has 0 aliphatic rings. The first-order chi connectivity index (χ1) is 17.3. The summed E-state index contributed by atoms with van der Waals surface area (Å²) in [6.07, 6.45) is 4.44. The van der Waals surface area contributed by atoms with Crippen LogP contribution in [0.2, 0.25) is 5.02 Å². The van der Waals surface area contributed by atoms with Gasteiger partial charge in [-0.1, -0.05) is 41.9 Å². The molecule has 2 aromatic heterocycles. The highest BCUT2D eigenvalue weighted by molar-refractivity contribution is 7.92. The van der Waals surface area contributed by atoms with Crippen molar-refractivity contribution in [3.05, 3.63) is 107 Å². The summed E-state index contributed by atoms with van der Waals surface area (Å²) in [4.78, 5) is 16.8. The number of para-hydroxylation sites is 1. The second-order valence-corrected chi connectivity index (χ2v) is 10.2. The monoisotopic (exact) mass is 521 g/mol. The van der Waals surface area contributed by atoms with Gasteiger partial charge in [-0.15, -0.1) is 0 Å². The lowest BCUT2D eigenvalue weighted by atomic mass is 10.2. The Morgan fingerprint density at radius 3 is 2.50 bits per heavy atom. The van der Waals surface area contributed by atoms with E-state index in [1.165, 1.54) is 30.7 Å². The Morgan fingerprint density at radius 1 is 1.08 bits per heavy atom. The molecule has 8 nitrogen and oxygen atoms in total. The first kappa shape index (κ1) is 25.2. The zero-order valence-corrected chi connectivity index (χ0v) is 21.2. The first-order valence-electron chi connectivity index (χ1n) is 11.0. The number of benzene rings is 2. The maximum Gasteiger partial charge on any atom is 0.264 e. The Morgan fingerprint density at radius 2 is 1.81 bits per heavy atom. The summed E-state index contributed by atoms with van der Waals surface area (Å²) in [6, 6.07) is 20.5. The van der Waals surface area contributed by atoms with E-state index in [4.69, 9.17) is 11.6 Å². The maximum atomic E-state index is 13.3. The molecule has 36 heavy (non-hydrogen) atoms. The normalized spacial score (nSPS) is 11.5. The predicted molar refractivity (Wildman–Crippen MR) is 141 cm³/mol. The van der Waals surface area contributed by atoms with Crippen molar-refractivity contribution in [3.63, 3.8) is 0 Å². The molecule has 1 N–H and O–H groups in total. The summed E-state index contributed by atoms with van der Waals surface area (Å²) >= 11 is 6.37. The standard InChI is InChI=1S/C26H24ClN5O3S/c1-19-15-21(20(2)32(19)25-13-7-6-12-24(25)27)16-29-30-26(33)18-31(22-9-8-14-28-17-22)36(34,35)23-10-4-3-5-11-23/h3-17H,18H2,1-2H3,(H,30,33)/b29-16+. The number of amides is 1. The van der Waals surface area contributed by atoms with Crippen molar-refractivity contribution >= 4 is 39.4 Å².